The molecule has 0 radical (unpaired) electrons. The summed E-state index contributed by atoms with van der Waals surface area (Å²) in [6.07, 6.45) is 3.55. The molecule has 0 aliphatic heterocycles. The molecule has 0 fully saturated rings. The fourth-order valence-electron chi connectivity index (χ4n) is 1.84. The second-order valence-corrected chi connectivity index (χ2v) is 5.00. The Hall–Kier alpha value is -1.09. The molecule has 2 rings (SSSR count). The molecular weight excluding hydrogens is 186 g/mol. The van der Waals surface area contributed by atoms with Crippen LogP contribution < -0.4 is 11.1 Å². The summed E-state index contributed by atoms with van der Waals surface area (Å²) in [4.78, 5) is 4.59. The van der Waals surface area contributed by atoms with Crippen LogP contribution in [-0.2, 0) is 12.8 Å². The normalized spacial score (nSPS) is 15.1. The Balaban J connectivity index is 2.04. The van der Waals surface area contributed by atoms with Crippen LogP contribution in [0.5, 0.6) is 0 Å². The van der Waals surface area contributed by atoms with Gasteiger partial charge in [-0.05, 0) is 44.7 Å². The third-order valence-corrected chi connectivity index (χ3v) is 2.65. The Morgan fingerprint density at radius 3 is 2.93 bits per heavy atom. The third-order valence-electron chi connectivity index (χ3n) is 2.65. The fourth-order valence-corrected chi connectivity index (χ4v) is 1.84. The zero-order chi connectivity index (χ0) is 10.9. The van der Waals surface area contributed by atoms with Crippen molar-refractivity contribution in [3.63, 3.8) is 0 Å². The number of pyridine rings is 1. The number of hydrogen-bond donors (Lipinski definition) is 2. The minimum atomic E-state index is -0.194. The molecule has 1 aromatic rings. The summed E-state index contributed by atoms with van der Waals surface area (Å²) in [7, 11) is 0. The maximum absolute atomic E-state index is 5.91. The Morgan fingerprint density at radius 2 is 2.20 bits per heavy atom. The number of rotatable bonds is 3. The monoisotopic (exact) mass is 205 g/mol. The van der Waals surface area contributed by atoms with Gasteiger partial charge in [-0.3, -0.25) is 0 Å². The van der Waals surface area contributed by atoms with Crippen molar-refractivity contribution in [1.82, 2.24) is 4.98 Å². The van der Waals surface area contributed by atoms with Gasteiger partial charge in [-0.15, -0.1) is 0 Å². The van der Waals surface area contributed by atoms with Crippen LogP contribution in [0, 0.1) is 0 Å². The number of nitrogens with one attached hydrogen (secondary N) is 1. The highest BCUT2D eigenvalue weighted by Gasteiger charge is 2.14. The van der Waals surface area contributed by atoms with Gasteiger partial charge in [0.05, 0.1) is 0 Å². The highest BCUT2D eigenvalue weighted by Crippen LogP contribution is 2.21. The minimum absolute atomic E-state index is 0.194. The average molecular weight is 205 g/mol. The molecule has 3 N–H and O–H groups in total. The van der Waals surface area contributed by atoms with Gasteiger partial charge in [0.15, 0.2) is 0 Å². The summed E-state index contributed by atoms with van der Waals surface area (Å²) < 4.78 is 0. The highest BCUT2D eigenvalue weighted by atomic mass is 15.0. The maximum Gasteiger partial charge on any atom is 0.126 e. The van der Waals surface area contributed by atoms with Crippen molar-refractivity contribution < 1.29 is 0 Å². The van der Waals surface area contributed by atoms with Crippen molar-refractivity contribution in [2.75, 3.05) is 11.9 Å². The van der Waals surface area contributed by atoms with Crippen LogP contribution in [0.3, 0.4) is 0 Å². The van der Waals surface area contributed by atoms with Crippen LogP contribution in [0.2, 0.25) is 0 Å². The molecule has 0 saturated carbocycles. The Labute approximate surface area is 91.1 Å². The average Bonchev–Trinajstić information content (AvgIpc) is 2.60. The van der Waals surface area contributed by atoms with Crippen molar-refractivity contribution in [3.8, 4) is 0 Å². The topological polar surface area (TPSA) is 50.9 Å². The van der Waals surface area contributed by atoms with Crippen molar-refractivity contribution in [3.05, 3.63) is 23.4 Å². The van der Waals surface area contributed by atoms with E-state index in [1.807, 2.05) is 13.8 Å². The Kier molecular flexibility index (Phi) is 2.65. The number of fused-ring (bicyclic) bond motifs is 1. The van der Waals surface area contributed by atoms with Crippen LogP contribution in [-0.4, -0.2) is 17.1 Å². The lowest BCUT2D eigenvalue weighted by molar-refractivity contribution is 0.548. The van der Waals surface area contributed by atoms with E-state index in [-0.39, 0.29) is 5.54 Å². The Morgan fingerprint density at radius 1 is 1.40 bits per heavy atom. The summed E-state index contributed by atoms with van der Waals surface area (Å²) >= 11 is 0. The maximum atomic E-state index is 5.91. The first-order chi connectivity index (χ1) is 7.04. The molecule has 15 heavy (non-hydrogen) atoms. The molecule has 0 spiro atoms. The second-order valence-electron chi connectivity index (χ2n) is 5.00. The first kappa shape index (κ1) is 10.4. The Bertz CT molecular complexity index is 352. The van der Waals surface area contributed by atoms with Gasteiger partial charge in [-0.1, -0.05) is 6.07 Å². The van der Waals surface area contributed by atoms with E-state index in [4.69, 9.17) is 5.73 Å². The molecule has 0 bridgehead atoms. The minimum Gasteiger partial charge on any atom is -0.368 e. The molecule has 3 heteroatoms. The van der Waals surface area contributed by atoms with Crippen LogP contribution in [0.15, 0.2) is 12.1 Å². The van der Waals surface area contributed by atoms with Crippen LogP contribution in [0.4, 0.5) is 5.82 Å². The molecule has 0 saturated heterocycles. The smallest absolute Gasteiger partial charge is 0.126 e. The molecule has 1 heterocycles. The predicted molar refractivity (Wildman–Crippen MR) is 63.0 cm³/mol. The van der Waals surface area contributed by atoms with E-state index in [0.717, 1.165) is 18.8 Å². The number of nitrogens with zero attached hydrogens (tertiary/aromatic N) is 1. The van der Waals surface area contributed by atoms with Gasteiger partial charge >= 0.3 is 0 Å². The predicted octanol–water partition coefficient (Wildman–Crippen LogP) is 1.72. The molecule has 1 aromatic heterocycles. The molecule has 1 aliphatic rings. The van der Waals surface area contributed by atoms with Crippen molar-refractivity contribution in [2.45, 2.75) is 38.6 Å². The number of aromatic nitrogens is 1. The van der Waals surface area contributed by atoms with E-state index in [0.29, 0.717) is 0 Å². The van der Waals surface area contributed by atoms with Gasteiger partial charge in [0.25, 0.3) is 0 Å². The van der Waals surface area contributed by atoms with E-state index in [2.05, 4.69) is 22.4 Å². The van der Waals surface area contributed by atoms with Crippen molar-refractivity contribution in [2.24, 2.45) is 5.73 Å². The van der Waals surface area contributed by atoms with Crippen molar-refractivity contribution in [1.29, 1.82) is 0 Å². The highest BCUT2D eigenvalue weighted by molar-refractivity contribution is 5.40. The quantitative estimate of drug-likeness (QED) is 0.790. The largest absolute Gasteiger partial charge is 0.368 e. The number of hydrogen-bond acceptors (Lipinski definition) is 3. The van der Waals surface area contributed by atoms with Gasteiger partial charge in [0.1, 0.15) is 5.82 Å². The fraction of sp³-hybridized carbons (Fsp3) is 0.583. The van der Waals surface area contributed by atoms with E-state index in [9.17, 15) is 0 Å². The van der Waals surface area contributed by atoms with Crippen molar-refractivity contribution >= 4 is 5.82 Å². The molecule has 82 valence electrons. The van der Waals surface area contributed by atoms with Gasteiger partial charge in [-0.25, -0.2) is 4.98 Å². The molecule has 1 aliphatic carbocycles. The first-order valence-electron chi connectivity index (χ1n) is 5.56. The van der Waals surface area contributed by atoms with E-state index < -0.39 is 0 Å². The van der Waals surface area contributed by atoms with Gasteiger partial charge in [0.2, 0.25) is 0 Å². The molecule has 0 aromatic carbocycles. The van der Waals surface area contributed by atoms with Crippen LogP contribution in [0.25, 0.3) is 0 Å². The molecule has 0 unspecified atom stereocenters. The SMILES string of the molecule is CC(C)(N)CNc1ccc2c(n1)CCC2. The summed E-state index contributed by atoms with van der Waals surface area (Å²) in [5, 5.41) is 3.28. The molecule has 0 atom stereocenters. The van der Waals surface area contributed by atoms with E-state index >= 15 is 0 Å². The zero-order valence-electron chi connectivity index (χ0n) is 9.51. The molecule has 0 amide bonds. The number of anilines is 1. The summed E-state index contributed by atoms with van der Waals surface area (Å²) in [5.74, 6) is 0.953. The van der Waals surface area contributed by atoms with Gasteiger partial charge < -0.3 is 11.1 Å². The van der Waals surface area contributed by atoms with Gasteiger partial charge in [0, 0.05) is 17.8 Å². The van der Waals surface area contributed by atoms with E-state index in [1.165, 1.54) is 24.1 Å². The number of nitrogens with two attached hydrogens (primary N) is 1. The summed E-state index contributed by atoms with van der Waals surface area (Å²) in [6, 6.07) is 4.23. The van der Waals surface area contributed by atoms with Gasteiger partial charge in [-0.2, -0.15) is 0 Å². The lowest BCUT2D eigenvalue weighted by atomic mass is 10.1. The lowest BCUT2D eigenvalue weighted by Crippen LogP contribution is -2.39. The molecule has 3 nitrogen and oxygen atoms in total. The lowest BCUT2D eigenvalue weighted by Gasteiger charge is -2.19. The third kappa shape index (κ3) is 2.69. The van der Waals surface area contributed by atoms with Crippen LogP contribution in [0.1, 0.15) is 31.5 Å². The second kappa shape index (κ2) is 3.81. The number of aryl methyl sites for hydroxylation is 2. The van der Waals surface area contributed by atoms with E-state index in [1.54, 1.807) is 0 Å². The molecular formula is C12H19N3. The standard InChI is InChI=1S/C12H19N3/c1-12(2,13)8-14-11-7-6-9-4-3-5-10(9)15-11/h6-7H,3-5,8,13H2,1-2H3,(H,14,15). The zero-order valence-corrected chi connectivity index (χ0v) is 9.51. The summed E-state index contributed by atoms with van der Waals surface area (Å²) in [5.41, 5.74) is 8.38. The van der Waals surface area contributed by atoms with Crippen LogP contribution >= 0.6 is 0 Å². The summed E-state index contributed by atoms with van der Waals surface area (Å²) in [6.45, 7) is 4.76. The first-order valence-corrected chi connectivity index (χ1v) is 5.56.